The zero-order valence-electron chi connectivity index (χ0n) is 14.3. The van der Waals surface area contributed by atoms with Gasteiger partial charge < -0.3 is 0 Å². The molecule has 0 saturated heterocycles. The smallest absolute Gasteiger partial charge is 0.0354 e. The van der Waals surface area contributed by atoms with Crippen LogP contribution >= 0.6 is 22.7 Å². The van der Waals surface area contributed by atoms with Gasteiger partial charge in [-0.1, -0.05) is 0 Å². The number of fused-ring (bicyclic) bond motifs is 4. The summed E-state index contributed by atoms with van der Waals surface area (Å²) in [5.74, 6) is 0. The molecular formula is C22H18S2. The van der Waals surface area contributed by atoms with E-state index in [2.05, 4.69) is 64.1 Å². The number of hydrogen-bond donors (Lipinski definition) is 0. The Hall–Kier alpha value is -1.90. The van der Waals surface area contributed by atoms with Gasteiger partial charge in [-0.3, -0.25) is 0 Å². The van der Waals surface area contributed by atoms with Crippen LogP contribution in [0.3, 0.4) is 0 Å². The van der Waals surface area contributed by atoms with Crippen LogP contribution in [0.15, 0.2) is 36.4 Å². The van der Waals surface area contributed by atoms with Gasteiger partial charge in [-0.05, 0) is 108 Å². The van der Waals surface area contributed by atoms with E-state index >= 15 is 0 Å². The van der Waals surface area contributed by atoms with Crippen molar-refractivity contribution in [3.63, 3.8) is 0 Å². The van der Waals surface area contributed by atoms with Crippen LogP contribution in [0.1, 0.15) is 20.9 Å². The topological polar surface area (TPSA) is 0 Å². The van der Waals surface area contributed by atoms with Crippen molar-refractivity contribution in [1.29, 1.82) is 0 Å². The molecule has 2 heteroatoms. The number of hydrogen-bond acceptors (Lipinski definition) is 2. The molecule has 24 heavy (non-hydrogen) atoms. The Morgan fingerprint density at radius 3 is 1.29 bits per heavy atom. The second kappa shape index (κ2) is 4.81. The molecule has 5 aromatic rings. The molecule has 0 amide bonds. The van der Waals surface area contributed by atoms with E-state index in [-0.39, 0.29) is 0 Å². The molecule has 0 bridgehead atoms. The van der Waals surface area contributed by atoms with Crippen LogP contribution in [0, 0.1) is 27.7 Å². The predicted molar refractivity (Wildman–Crippen MR) is 111 cm³/mol. The molecule has 0 radical (unpaired) electrons. The Balaban J connectivity index is 1.91. The van der Waals surface area contributed by atoms with Crippen molar-refractivity contribution in [3.05, 3.63) is 57.3 Å². The highest BCUT2D eigenvalue weighted by atomic mass is 32.1. The van der Waals surface area contributed by atoms with Gasteiger partial charge in [0.1, 0.15) is 0 Å². The third-order valence-corrected chi connectivity index (χ3v) is 7.72. The average molecular weight is 347 g/mol. The van der Waals surface area contributed by atoms with Gasteiger partial charge in [0.15, 0.2) is 0 Å². The Labute approximate surface area is 149 Å². The maximum Gasteiger partial charge on any atom is 0.0354 e. The van der Waals surface area contributed by atoms with Gasteiger partial charge in [-0.25, -0.2) is 0 Å². The van der Waals surface area contributed by atoms with Crippen molar-refractivity contribution in [2.45, 2.75) is 27.7 Å². The summed E-state index contributed by atoms with van der Waals surface area (Å²) in [5.41, 5.74) is 2.86. The molecule has 5 rings (SSSR count). The van der Waals surface area contributed by atoms with Crippen LogP contribution < -0.4 is 0 Å². The molecule has 3 aromatic carbocycles. The summed E-state index contributed by atoms with van der Waals surface area (Å²) in [4.78, 5) is 2.85. The van der Waals surface area contributed by atoms with Crippen molar-refractivity contribution in [3.8, 4) is 0 Å². The Kier molecular flexibility index (Phi) is 2.89. The summed E-state index contributed by atoms with van der Waals surface area (Å²) in [7, 11) is 0. The number of rotatable bonds is 0. The molecule has 118 valence electrons. The van der Waals surface area contributed by atoms with Crippen LogP contribution in [0.25, 0.3) is 41.7 Å². The minimum atomic E-state index is 1.35. The van der Waals surface area contributed by atoms with Crippen molar-refractivity contribution >= 4 is 64.4 Å². The summed E-state index contributed by atoms with van der Waals surface area (Å²) in [5, 5.41) is 8.21. The molecule has 0 N–H and O–H groups in total. The summed E-state index contributed by atoms with van der Waals surface area (Å²) >= 11 is 3.82. The highest BCUT2D eigenvalue weighted by Gasteiger charge is 2.10. The fourth-order valence-corrected chi connectivity index (χ4v) is 5.88. The molecule has 0 aliphatic carbocycles. The van der Waals surface area contributed by atoms with E-state index in [9.17, 15) is 0 Å². The van der Waals surface area contributed by atoms with Crippen LogP contribution in [-0.4, -0.2) is 0 Å². The molecule has 0 unspecified atom stereocenters. The van der Waals surface area contributed by atoms with E-state index in [4.69, 9.17) is 0 Å². The largest absolute Gasteiger partial charge is 0.140 e. The number of benzene rings is 3. The molecule has 0 aliphatic rings. The molecule has 0 fully saturated rings. The minimum absolute atomic E-state index is 1.35. The highest BCUT2D eigenvalue weighted by Crippen LogP contribution is 2.37. The molecule has 0 atom stereocenters. The second-order valence-electron chi connectivity index (χ2n) is 6.81. The van der Waals surface area contributed by atoms with Gasteiger partial charge in [0.25, 0.3) is 0 Å². The van der Waals surface area contributed by atoms with E-state index in [1.165, 1.54) is 62.6 Å². The van der Waals surface area contributed by atoms with E-state index in [0.29, 0.717) is 0 Å². The van der Waals surface area contributed by atoms with Crippen molar-refractivity contribution in [1.82, 2.24) is 0 Å². The first-order chi connectivity index (χ1) is 11.5. The molecule has 0 saturated carbocycles. The zero-order chi connectivity index (χ0) is 16.6. The van der Waals surface area contributed by atoms with Gasteiger partial charge in [-0.15, -0.1) is 22.7 Å². The standard InChI is InChI=1S/C22H18S2/c1-11-13(3)23-21-9-17-6-16-8-20-12(2)14(4)24-22(20)10-18(16)5-15(17)7-19(11)21/h5-10H,1-4H3. The monoisotopic (exact) mass is 346 g/mol. The highest BCUT2D eigenvalue weighted by molar-refractivity contribution is 7.19. The van der Waals surface area contributed by atoms with E-state index in [1.807, 2.05) is 22.7 Å². The molecule has 0 nitrogen and oxygen atoms in total. The first kappa shape index (κ1) is 14.4. The van der Waals surface area contributed by atoms with Gasteiger partial charge in [0.2, 0.25) is 0 Å². The fourth-order valence-electron chi connectivity index (χ4n) is 3.68. The molecule has 2 heterocycles. The summed E-state index contributed by atoms with van der Waals surface area (Å²) in [6, 6.07) is 14.2. The maximum atomic E-state index is 2.37. The molecule has 0 aliphatic heterocycles. The lowest BCUT2D eigenvalue weighted by molar-refractivity contribution is 1.47. The summed E-state index contributed by atoms with van der Waals surface area (Å²) in [6.45, 7) is 8.92. The third kappa shape index (κ3) is 1.90. The summed E-state index contributed by atoms with van der Waals surface area (Å²) in [6.07, 6.45) is 0. The molecule has 0 spiro atoms. The van der Waals surface area contributed by atoms with Crippen LogP contribution in [-0.2, 0) is 0 Å². The molecule has 2 aromatic heterocycles. The van der Waals surface area contributed by atoms with E-state index in [0.717, 1.165) is 0 Å². The lowest BCUT2D eigenvalue weighted by atomic mass is 9.99. The minimum Gasteiger partial charge on any atom is -0.140 e. The summed E-state index contributed by atoms with van der Waals surface area (Å²) < 4.78 is 2.81. The number of aryl methyl sites for hydroxylation is 4. The number of thiophene rings is 2. The Morgan fingerprint density at radius 1 is 0.500 bits per heavy atom. The van der Waals surface area contributed by atoms with Gasteiger partial charge in [0, 0.05) is 19.2 Å². The van der Waals surface area contributed by atoms with E-state index in [1.54, 1.807) is 0 Å². The van der Waals surface area contributed by atoms with Crippen LogP contribution in [0.5, 0.6) is 0 Å². The Morgan fingerprint density at radius 2 is 0.875 bits per heavy atom. The second-order valence-corrected chi connectivity index (χ2v) is 9.32. The Bertz CT molecular complexity index is 1180. The van der Waals surface area contributed by atoms with Crippen LogP contribution in [0.2, 0.25) is 0 Å². The average Bonchev–Trinajstić information content (AvgIpc) is 2.98. The SMILES string of the molecule is Cc1sc2cc3cc4cc5c(C)c(C)sc5cc4cc3cc2c1C. The molecular weight excluding hydrogens is 328 g/mol. The zero-order valence-corrected chi connectivity index (χ0v) is 15.9. The third-order valence-electron chi connectivity index (χ3n) is 5.38. The lowest BCUT2D eigenvalue weighted by Gasteiger charge is -2.05. The fraction of sp³-hybridized carbons (Fsp3) is 0.182. The first-order valence-corrected chi connectivity index (χ1v) is 9.91. The van der Waals surface area contributed by atoms with Crippen molar-refractivity contribution < 1.29 is 0 Å². The predicted octanol–water partition coefficient (Wildman–Crippen LogP) is 7.66. The van der Waals surface area contributed by atoms with Gasteiger partial charge in [-0.2, -0.15) is 0 Å². The van der Waals surface area contributed by atoms with Gasteiger partial charge >= 0.3 is 0 Å². The first-order valence-electron chi connectivity index (χ1n) is 8.28. The van der Waals surface area contributed by atoms with Crippen molar-refractivity contribution in [2.75, 3.05) is 0 Å². The quantitative estimate of drug-likeness (QED) is 0.252. The lowest BCUT2D eigenvalue weighted by Crippen LogP contribution is -1.79. The van der Waals surface area contributed by atoms with Crippen molar-refractivity contribution in [2.24, 2.45) is 0 Å². The normalized spacial score (nSPS) is 12.2. The van der Waals surface area contributed by atoms with E-state index < -0.39 is 0 Å². The van der Waals surface area contributed by atoms with Crippen LogP contribution in [0.4, 0.5) is 0 Å². The maximum absolute atomic E-state index is 2.37. The van der Waals surface area contributed by atoms with Gasteiger partial charge in [0.05, 0.1) is 0 Å².